The molecule has 0 amide bonds. The fraction of sp³-hybridized carbons (Fsp3) is 0.500. The van der Waals surface area contributed by atoms with Gasteiger partial charge in [0.1, 0.15) is 5.75 Å². The van der Waals surface area contributed by atoms with Gasteiger partial charge in [0, 0.05) is 25.0 Å². The van der Waals surface area contributed by atoms with E-state index in [4.69, 9.17) is 24.0 Å². The van der Waals surface area contributed by atoms with Crippen LogP contribution < -0.4 is 4.74 Å². The molecule has 2 aromatic rings. The van der Waals surface area contributed by atoms with Crippen LogP contribution >= 0.6 is 0 Å². The lowest BCUT2D eigenvalue weighted by molar-refractivity contribution is -0.346. The lowest BCUT2D eigenvalue weighted by Gasteiger charge is -2.31. The number of hydrogen-bond donors (Lipinski definition) is 0. The van der Waals surface area contributed by atoms with Gasteiger partial charge in [-0.05, 0) is 64.3 Å². The minimum Gasteiger partial charge on any atom is -0.465 e. The van der Waals surface area contributed by atoms with Crippen molar-refractivity contribution in [3.05, 3.63) is 65.2 Å². The summed E-state index contributed by atoms with van der Waals surface area (Å²) < 4.78 is 16.5. The molecule has 0 aliphatic heterocycles. The molecule has 0 radical (unpaired) electrons. The Morgan fingerprint density at radius 1 is 0.875 bits per heavy atom. The van der Waals surface area contributed by atoms with Gasteiger partial charge in [0.15, 0.2) is 12.6 Å². The second-order valence-electron chi connectivity index (χ2n) is 7.94. The Balaban J connectivity index is 2.17. The first kappa shape index (κ1) is 25.8. The first-order valence-electron chi connectivity index (χ1n) is 11.2. The van der Waals surface area contributed by atoms with E-state index in [2.05, 4.69) is 38.1 Å². The van der Waals surface area contributed by atoms with Gasteiger partial charge in [-0.25, -0.2) is 4.79 Å². The van der Waals surface area contributed by atoms with Crippen molar-refractivity contribution in [2.45, 2.75) is 72.4 Å². The van der Waals surface area contributed by atoms with E-state index in [9.17, 15) is 4.79 Å². The van der Waals surface area contributed by atoms with Crippen molar-refractivity contribution in [1.29, 1.82) is 0 Å². The SMILES string of the molecule is CCOC(C)OOC(=O)CCC(C)(c1ccc(C)cc1)c1ccc(OC(C)OCC)cc1. The third-order valence-corrected chi connectivity index (χ3v) is 5.39. The van der Waals surface area contributed by atoms with Gasteiger partial charge in [0.05, 0.1) is 0 Å². The number of rotatable bonds is 13. The third-order valence-electron chi connectivity index (χ3n) is 5.39. The summed E-state index contributed by atoms with van der Waals surface area (Å²) >= 11 is 0. The molecule has 0 aliphatic rings. The van der Waals surface area contributed by atoms with E-state index in [0.29, 0.717) is 19.6 Å². The topological polar surface area (TPSA) is 63.2 Å². The quantitative estimate of drug-likeness (QED) is 0.224. The van der Waals surface area contributed by atoms with Gasteiger partial charge in [-0.3, -0.25) is 4.89 Å². The van der Waals surface area contributed by atoms with Crippen molar-refractivity contribution < 1.29 is 28.8 Å². The van der Waals surface area contributed by atoms with Gasteiger partial charge in [-0.2, -0.15) is 4.89 Å². The zero-order valence-corrected chi connectivity index (χ0v) is 20.1. The van der Waals surface area contributed by atoms with Crippen LogP contribution in [0, 0.1) is 6.92 Å². The fourth-order valence-corrected chi connectivity index (χ4v) is 3.52. The van der Waals surface area contributed by atoms with E-state index in [-0.39, 0.29) is 12.7 Å². The second-order valence-corrected chi connectivity index (χ2v) is 7.94. The molecule has 0 heterocycles. The maximum Gasteiger partial charge on any atom is 0.342 e. The molecule has 0 aromatic heterocycles. The summed E-state index contributed by atoms with van der Waals surface area (Å²) in [6.07, 6.45) is -0.165. The molecule has 2 aromatic carbocycles. The number of carbonyl (C=O) groups excluding carboxylic acids is 1. The molecule has 176 valence electrons. The Morgan fingerprint density at radius 2 is 1.41 bits per heavy atom. The van der Waals surface area contributed by atoms with E-state index in [1.54, 1.807) is 6.92 Å². The highest BCUT2D eigenvalue weighted by atomic mass is 17.2. The molecular weight excluding hydrogens is 408 g/mol. The number of benzene rings is 2. The van der Waals surface area contributed by atoms with Crippen LogP contribution in [0.2, 0.25) is 0 Å². The van der Waals surface area contributed by atoms with Crippen molar-refractivity contribution >= 4 is 5.97 Å². The van der Waals surface area contributed by atoms with Crippen molar-refractivity contribution in [2.75, 3.05) is 13.2 Å². The van der Waals surface area contributed by atoms with Crippen molar-refractivity contribution in [3.63, 3.8) is 0 Å². The second kappa shape index (κ2) is 12.6. The molecule has 0 N–H and O–H groups in total. The van der Waals surface area contributed by atoms with Gasteiger partial charge in [0.2, 0.25) is 0 Å². The van der Waals surface area contributed by atoms with Crippen molar-refractivity contribution in [2.24, 2.45) is 0 Å². The Morgan fingerprint density at radius 3 is 1.97 bits per heavy atom. The molecule has 6 nitrogen and oxygen atoms in total. The maximum absolute atomic E-state index is 12.3. The van der Waals surface area contributed by atoms with Crippen LogP contribution in [0.15, 0.2) is 48.5 Å². The van der Waals surface area contributed by atoms with Gasteiger partial charge in [-0.15, -0.1) is 0 Å². The van der Waals surface area contributed by atoms with Gasteiger partial charge in [-0.1, -0.05) is 48.9 Å². The average Bonchev–Trinajstić information content (AvgIpc) is 2.77. The molecule has 6 heteroatoms. The number of ether oxygens (including phenoxy) is 3. The summed E-state index contributed by atoms with van der Waals surface area (Å²) in [5.74, 6) is 0.305. The van der Waals surface area contributed by atoms with Crippen LogP contribution in [0.25, 0.3) is 0 Å². The van der Waals surface area contributed by atoms with E-state index >= 15 is 0 Å². The van der Waals surface area contributed by atoms with Crippen LogP contribution in [-0.4, -0.2) is 31.8 Å². The van der Waals surface area contributed by atoms with Gasteiger partial charge in [0.25, 0.3) is 0 Å². The molecule has 0 spiro atoms. The fourth-order valence-electron chi connectivity index (χ4n) is 3.52. The van der Waals surface area contributed by atoms with E-state index in [1.165, 1.54) is 5.56 Å². The normalized spacial score (nSPS) is 14.9. The van der Waals surface area contributed by atoms with Gasteiger partial charge >= 0.3 is 5.97 Å². The molecule has 0 saturated carbocycles. The van der Waals surface area contributed by atoms with Gasteiger partial charge < -0.3 is 14.2 Å². The minimum absolute atomic E-state index is 0.197. The lowest BCUT2D eigenvalue weighted by Crippen LogP contribution is -2.26. The molecular formula is C26H36O6. The van der Waals surface area contributed by atoms with E-state index < -0.39 is 17.7 Å². The number of carbonyl (C=O) groups is 1. The number of hydrogen-bond acceptors (Lipinski definition) is 6. The smallest absolute Gasteiger partial charge is 0.342 e. The number of aryl methyl sites for hydroxylation is 1. The van der Waals surface area contributed by atoms with Crippen LogP contribution in [0.3, 0.4) is 0 Å². The van der Waals surface area contributed by atoms with Crippen LogP contribution in [-0.2, 0) is 29.5 Å². The summed E-state index contributed by atoms with van der Waals surface area (Å²) in [5.41, 5.74) is 2.98. The summed E-state index contributed by atoms with van der Waals surface area (Å²) in [6, 6.07) is 16.3. The van der Waals surface area contributed by atoms with Crippen LogP contribution in [0.4, 0.5) is 0 Å². The first-order chi connectivity index (χ1) is 15.3. The maximum atomic E-state index is 12.3. The largest absolute Gasteiger partial charge is 0.465 e. The predicted molar refractivity (Wildman–Crippen MR) is 123 cm³/mol. The monoisotopic (exact) mass is 444 g/mol. The minimum atomic E-state index is -0.598. The molecule has 0 saturated heterocycles. The molecule has 32 heavy (non-hydrogen) atoms. The van der Waals surface area contributed by atoms with Crippen molar-refractivity contribution in [1.82, 2.24) is 0 Å². The molecule has 0 aliphatic carbocycles. The highest BCUT2D eigenvalue weighted by Gasteiger charge is 2.30. The summed E-state index contributed by atoms with van der Waals surface area (Å²) in [7, 11) is 0. The van der Waals surface area contributed by atoms with E-state index in [1.807, 2.05) is 45.0 Å². The Bertz CT molecular complexity index is 817. The first-order valence-corrected chi connectivity index (χ1v) is 11.2. The molecule has 2 rings (SSSR count). The Labute approximate surface area is 191 Å². The average molecular weight is 445 g/mol. The van der Waals surface area contributed by atoms with E-state index in [0.717, 1.165) is 16.9 Å². The predicted octanol–water partition coefficient (Wildman–Crippen LogP) is 5.70. The molecule has 0 bridgehead atoms. The Hall–Kier alpha value is -2.41. The summed E-state index contributed by atoms with van der Waals surface area (Å²) in [4.78, 5) is 22.3. The van der Waals surface area contributed by atoms with Crippen LogP contribution in [0.1, 0.15) is 64.2 Å². The highest BCUT2D eigenvalue weighted by Crippen LogP contribution is 2.37. The van der Waals surface area contributed by atoms with Crippen LogP contribution in [0.5, 0.6) is 5.75 Å². The zero-order valence-electron chi connectivity index (χ0n) is 20.1. The third kappa shape index (κ3) is 7.62. The molecule has 0 fully saturated rings. The summed E-state index contributed by atoms with van der Waals surface area (Å²) in [6.45, 7) is 12.6. The summed E-state index contributed by atoms with van der Waals surface area (Å²) in [5, 5.41) is 0. The highest BCUT2D eigenvalue weighted by molar-refractivity contribution is 5.69. The Kier molecular flexibility index (Phi) is 10.2. The standard InChI is InChI=1S/C26H36O6/c1-7-28-20(4)30-24-15-13-23(14-16-24)26(6,22-11-9-19(3)10-12-22)18-17-25(27)32-31-21(5)29-8-2/h9-16,20-21H,7-8,17-18H2,1-6H3. The zero-order chi connectivity index (χ0) is 23.6. The lowest BCUT2D eigenvalue weighted by atomic mass is 9.73. The van der Waals surface area contributed by atoms with Crippen molar-refractivity contribution in [3.8, 4) is 5.75 Å². The molecule has 3 atom stereocenters. The molecule has 3 unspecified atom stereocenters.